The topological polar surface area (TPSA) is 82.1 Å². The molecule has 0 saturated carbocycles. The first kappa shape index (κ1) is 25.9. The van der Waals surface area contributed by atoms with Crippen LogP contribution in [0.5, 0.6) is 11.5 Å². The first-order chi connectivity index (χ1) is 16.2. The van der Waals surface area contributed by atoms with Crippen LogP contribution >= 0.6 is 35.0 Å². The number of benzene rings is 2. The number of hydrogen-bond acceptors (Lipinski definition) is 7. The van der Waals surface area contributed by atoms with E-state index in [4.69, 9.17) is 37.4 Å². The molecule has 1 heterocycles. The Morgan fingerprint density at radius 2 is 1.97 bits per heavy atom. The first-order valence-electron chi connectivity index (χ1n) is 10.4. The van der Waals surface area contributed by atoms with Crippen molar-refractivity contribution in [3.05, 3.63) is 62.5 Å². The molecule has 0 unspecified atom stereocenters. The van der Waals surface area contributed by atoms with Gasteiger partial charge in [0, 0.05) is 21.2 Å². The summed E-state index contributed by atoms with van der Waals surface area (Å²) in [5, 5.41) is 0.417. The van der Waals surface area contributed by atoms with Crippen LogP contribution < -0.4 is 9.47 Å². The molecule has 0 spiro atoms. The highest BCUT2D eigenvalue weighted by Gasteiger charge is 2.37. The number of rotatable bonds is 9. The molecule has 1 atom stereocenters. The van der Waals surface area contributed by atoms with Crippen LogP contribution in [-0.4, -0.2) is 41.8 Å². The Labute approximate surface area is 211 Å². The van der Waals surface area contributed by atoms with Crippen molar-refractivity contribution in [2.24, 2.45) is 0 Å². The Morgan fingerprint density at radius 1 is 1.21 bits per heavy atom. The minimum Gasteiger partial charge on any atom is -0.493 e. The van der Waals surface area contributed by atoms with Gasteiger partial charge in [-0.1, -0.05) is 48.3 Å². The van der Waals surface area contributed by atoms with E-state index in [9.17, 15) is 14.4 Å². The maximum atomic E-state index is 12.8. The van der Waals surface area contributed by atoms with Gasteiger partial charge >= 0.3 is 5.97 Å². The number of para-hydroxylation sites is 1. The molecule has 0 N–H and O–H groups in total. The van der Waals surface area contributed by atoms with Gasteiger partial charge in [-0.3, -0.25) is 19.3 Å². The third-order valence-electron chi connectivity index (χ3n) is 4.97. The molecule has 2 aromatic carbocycles. The summed E-state index contributed by atoms with van der Waals surface area (Å²) in [6.45, 7) is 3.30. The van der Waals surface area contributed by atoms with Crippen LogP contribution in [0.4, 0.5) is 4.79 Å². The number of carbonyl (C=O) groups is 3. The van der Waals surface area contributed by atoms with Crippen LogP contribution in [0.25, 0.3) is 6.08 Å². The van der Waals surface area contributed by atoms with Crippen molar-refractivity contribution in [3.63, 3.8) is 0 Å². The summed E-state index contributed by atoms with van der Waals surface area (Å²) < 4.78 is 16.6. The fraction of sp³-hybridized carbons (Fsp3) is 0.292. The van der Waals surface area contributed by atoms with E-state index in [0.29, 0.717) is 39.1 Å². The van der Waals surface area contributed by atoms with E-state index in [2.05, 4.69) is 0 Å². The quantitative estimate of drug-likeness (QED) is 0.296. The van der Waals surface area contributed by atoms with E-state index in [1.165, 1.54) is 13.2 Å². The molecule has 2 amide bonds. The lowest BCUT2D eigenvalue weighted by atomic mass is 10.1. The summed E-state index contributed by atoms with van der Waals surface area (Å²) in [6.07, 6.45) is 1.87. The molecule has 3 rings (SSSR count). The first-order valence-corrected chi connectivity index (χ1v) is 12.0. The molecule has 10 heteroatoms. The van der Waals surface area contributed by atoms with Crippen LogP contribution in [0.1, 0.15) is 31.4 Å². The van der Waals surface area contributed by atoms with Gasteiger partial charge in [0.05, 0.1) is 18.1 Å². The summed E-state index contributed by atoms with van der Waals surface area (Å²) in [5.74, 6) is -0.400. The lowest BCUT2D eigenvalue weighted by molar-refractivity contribution is -0.150. The number of esters is 1. The van der Waals surface area contributed by atoms with Gasteiger partial charge in [-0.15, -0.1) is 0 Å². The normalized spacial score (nSPS) is 15.6. The average Bonchev–Trinajstić information content (AvgIpc) is 3.06. The van der Waals surface area contributed by atoms with E-state index in [1.807, 2.05) is 6.92 Å². The van der Waals surface area contributed by atoms with Gasteiger partial charge in [0.25, 0.3) is 11.1 Å². The largest absolute Gasteiger partial charge is 0.493 e. The van der Waals surface area contributed by atoms with Gasteiger partial charge in [0.15, 0.2) is 11.5 Å². The fourth-order valence-electron chi connectivity index (χ4n) is 3.00. The van der Waals surface area contributed by atoms with Crippen molar-refractivity contribution in [1.29, 1.82) is 0 Å². The summed E-state index contributed by atoms with van der Waals surface area (Å²) >= 11 is 12.9. The van der Waals surface area contributed by atoms with Crippen LogP contribution in [0, 0.1) is 0 Å². The summed E-state index contributed by atoms with van der Waals surface area (Å²) in [4.78, 5) is 38.3. The molecule has 1 aliphatic rings. The van der Waals surface area contributed by atoms with Crippen molar-refractivity contribution >= 4 is 58.2 Å². The number of thioether (sulfide) groups is 1. The SMILES string of the molecule is CC[C@@H](C)OC(=O)CN1C(=O)S/C(=C/c2cccc(OC)c2OCc2ccc(Cl)cc2Cl)C1=O. The number of imide groups is 1. The van der Waals surface area contributed by atoms with Crippen LogP contribution in [0.15, 0.2) is 41.3 Å². The minimum absolute atomic E-state index is 0.125. The number of hydrogen-bond donors (Lipinski definition) is 0. The number of halogens is 2. The van der Waals surface area contributed by atoms with Gasteiger partial charge in [-0.05, 0) is 49.4 Å². The van der Waals surface area contributed by atoms with Gasteiger partial charge in [0.1, 0.15) is 13.2 Å². The van der Waals surface area contributed by atoms with Crippen molar-refractivity contribution < 1.29 is 28.6 Å². The number of carbonyl (C=O) groups excluding carboxylic acids is 3. The fourth-order valence-corrected chi connectivity index (χ4v) is 4.29. The highest BCUT2D eigenvalue weighted by atomic mass is 35.5. The Morgan fingerprint density at radius 3 is 2.65 bits per heavy atom. The number of ether oxygens (including phenoxy) is 3. The Bertz CT molecular complexity index is 1140. The van der Waals surface area contributed by atoms with Crippen LogP contribution in [-0.2, 0) is 20.9 Å². The molecular formula is C24H23Cl2NO6S. The smallest absolute Gasteiger partial charge is 0.326 e. The molecule has 1 saturated heterocycles. The predicted octanol–water partition coefficient (Wildman–Crippen LogP) is 5.96. The number of methoxy groups -OCH3 is 1. The van der Waals surface area contributed by atoms with E-state index >= 15 is 0 Å². The molecule has 0 bridgehead atoms. The number of nitrogens with zero attached hydrogens (tertiary/aromatic N) is 1. The molecule has 1 aliphatic heterocycles. The third-order valence-corrected chi connectivity index (χ3v) is 6.47. The zero-order valence-electron chi connectivity index (χ0n) is 18.8. The Balaban J connectivity index is 1.82. The second-order valence-electron chi connectivity index (χ2n) is 7.38. The van der Waals surface area contributed by atoms with Crippen molar-refractivity contribution in [3.8, 4) is 11.5 Å². The highest BCUT2D eigenvalue weighted by Crippen LogP contribution is 2.38. The zero-order chi connectivity index (χ0) is 24.8. The maximum Gasteiger partial charge on any atom is 0.326 e. The molecule has 7 nitrogen and oxygen atoms in total. The maximum absolute atomic E-state index is 12.8. The van der Waals surface area contributed by atoms with E-state index in [-0.39, 0.29) is 17.6 Å². The third kappa shape index (κ3) is 6.25. The molecule has 2 aromatic rings. The molecular weight excluding hydrogens is 501 g/mol. The minimum atomic E-state index is -0.636. The zero-order valence-corrected chi connectivity index (χ0v) is 21.1. The number of amides is 2. The van der Waals surface area contributed by atoms with Crippen molar-refractivity contribution in [1.82, 2.24) is 4.90 Å². The summed E-state index contributed by atoms with van der Waals surface area (Å²) in [6, 6.07) is 10.3. The van der Waals surface area contributed by atoms with Gasteiger partial charge in [0.2, 0.25) is 0 Å². The second-order valence-corrected chi connectivity index (χ2v) is 9.22. The predicted molar refractivity (Wildman–Crippen MR) is 132 cm³/mol. The molecule has 180 valence electrons. The monoisotopic (exact) mass is 523 g/mol. The van der Waals surface area contributed by atoms with Crippen molar-refractivity contribution in [2.75, 3.05) is 13.7 Å². The lowest BCUT2D eigenvalue weighted by Gasteiger charge is -2.15. The van der Waals surface area contributed by atoms with Gasteiger partial charge in [-0.2, -0.15) is 0 Å². The lowest BCUT2D eigenvalue weighted by Crippen LogP contribution is -2.35. The van der Waals surface area contributed by atoms with E-state index in [1.54, 1.807) is 43.3 Å². The van der Waals surface area contributed by atoms with Crippen LogP contribution in [0.2, 0.25) is 10.0 Å². The van der Waals surface area contributed by atoms with Gasteiger partial charge < -0.3 is 14.2 Å². The molecule has 0 aliphatic carbocycles. The highest BCUT2D eigenvalue weighted by molar-refractivity contribution is 8.18. The molecule has 0 aromatic heterocycles. The average molecular weight is 524 g/mol. The summed E-state index contributed by atoms with van der Waals surface area (Å²) in [7, 11) is 1.50. The van der Waals surface area contributed by atoms with Crippen molar-refractivity contribution in [2.45, 2.75) is 33.0 Å². The Kier molecular flexibility index (Phi) is 8.88. The van der Waals surface area contributed by atoms with Crippen LogP contribution in [0.3, 0.4) is 0 Å². The van der Waals surface area contributed by atoms with E-state index < -0.39 is 23.7 Å². The molecule has 34 heavy (non-hydrogen) atoms. The van der Waals surface area contributed by atoms with E-state index in [0.717, 1.165) is 16.7 Å². The second kappa shape index (κ2) is 11.6. The summed E-state index contributed by atoms with van der Waals surface area (Å²) in [5.41, 5.74) is 1.24. The standard InChI is InChI=1S/C24H23Cl2NO6S/c1-4-14(2)33-21(28)12-27-23(29)20(34-24(27)30)10-15-6-5-7-19(31-3)22(15)32-13-16-8-9-17(25)11-18(16)26/h5-11,14H,4,12-13H2,1-3H3/b20-10+/t14-/m1/s1. The Hall–Kier alpha value is -2.68. The van der Waals surface area contributed by atoms with Gasteiger partial charge in [-0.25, -0.2) is 0 Å². The molecule has 1 fully saturated rings. The molecule has 0 radical (unpaired) electrons.